The van der Waals surface area contributed by atoms with E-state index in [1.54, 1.807) is 66.7 Å². The van der Waals surface area contributed by atoms with E-state index in [9.17, 15) is 10.0 Å². The van der Waals surface area contributed by atoms with Crippen LogP contribution < -0.4 is 26.5 Å². The van der Waals surface area contributed by atoms with Crippen LogP contribution in [0.2, 0.25) is 0 Å². The van der Waals surface area contributed by atoms with Crippen molar-refractivity contribution < 1.29 is 4.84 Å². The number of hydrogen-bond acceptors (Lipinski definition) is 5. The van der Waals surface area contributed by atoms with Crippen molar-refractivity contribution in [1.29, 1.82) is 0 Å². The third-order valence-electron chi connectivity index (χ3n) is 5.65. The maximum atomic E-state index is 14.7. The fourth-order valence-corrected chi connectivity index (χ4v) is 4.15. The van der Waals surface area contributed by atoms with Gasteiger partial charge in [0.25, 0.3) is 0 Å². The molecular weight excluding hydrogens is 404 g/mol. The van der Waals surface area contributed by atoms with Crippen LogP contribution in [0.15, 0.2) is 95.8 Å². The van der Waals surface area contributed by atoms with Gasteiger partial charge >= 0.3 is 0 Å². The van der Waals surface area contributed by atoms with Crippen molar-refractivity contribution in [2.75, 3.05) is 5.73 Å². The number of pyridine rings is 1. The van der Waals surface area contributed by atoms with Gasteiger partial charge in [0.1, 0.15) is 16.9 Å². The van der Waals surface area contributed by atoms with E-state index in [4.69, 9.17) is 16.5 Å². The first-order valence-corrected chi connectivity index (χ1v) is 10.0. The fraction of sp³-hybridized carbons (Fsp3) is 0. The summed E-state index contributed by atoms with van der Waals surface area (Å²) in [6.45, 7) is 0. The van der Waals surface area contributed by atoms with Crippen LogP contribution in [0.1, 0.15) is 0 Å². The van der Waals surface area contributed by atoms with Crippen molar-refractivity contribution in [1.82, 2.24) is 9.63 Å². The van der Waals surface area contributed by atoms with Crippen LogP contribution in [-0.2, 0) is 0 Å². The number of benzene rings is 4. The first kappa shape index (κ1) is 19.8. The Morgan fingerprint density at radius 1 is 0.844 bits per heavy atom. The zero-order valence-electron chi connectivity index (χ0n) is 17.0. The molecule has 0 amide bonds. The Bertz CT molecular complexity index is 1460. The van der Waals surface area contributed by atoms with Gasteiger partial charge in [-0.1, -0.05) is 48.5 Å². The van der Waals surface area contributed by atoms with Crippen LogP contribution in [0.3, 0.4) is 0 Å². The quantitative estimate of drug-likeness (QED) is 0.163. The summed E-state index contributed by atoms with van der Waals surface area (Å²) in [6, 6.07) is 26.2. The van der Waals surface area contributed by atoms with Crippen LogP contribution in [0.5, 0.6) is 5.75 Å². The van der Waals surface area contributed by atoms with Gasteiger partial charge < -0.3 is 20.8 Å². The van der Waals surface area contributed by atoms with Crippen LogP contribution >= 0.6 is 0 Å². The van der Waals surface area contributed by atoms with E-state index in [1.807, 2.05) is 18.2 Å². The Labute approximate surface area is 183 Å². The monoisotopic (exact) mass is 424 g/mol. The molecule has 5 N–H and O–H groups in total. The average molecular weight is 424 g/mol. The molecule has 32 heavy (non-hydrogen) atoms. The summed E-state index contributed by atoms with van der Waals surface area (Å²) in [5.41, 5.74) is 8.13. The average Bonchev–Trinajstić information content (AvgIpc) is 2.84. The van der Waals surface area contributed by atoms with Gasteiger partial charge in [0.2, 0.25) is 5.75 Å². The Morgan fingerprint density at radius 2 is 1.41 bits per heavy atom. The predicted octanol–water partition coefficient (Wildman–Crippen LogP) is 4.98. The molecule has 0 saturated carbocycles. The van der Waals surface area contributed by atoms with Gasteiger partial charge in [-0.25, -0.2) is 0 Å². The third kappa shape index (κ3) is 2.84. The van der Waals surface area contributed by atoms with Crippen molar-refractivity contribution in [3.8, 4) is 5.75 Å². The van der Waals surface area contributed by atoms with Gasteiger partial charge in [0.15, 0.2) is 11.1 Å². The molecule has 0 fully saturated rings. The van der Waals surface area contributed by atoms with E-state index in [0.29, 0.717) is 22.3 Å². The Balaban J connectivity index is 1.94. The molecule has 7 heteroatoms. The summed E-state index contributed by atoms with van der Waals surface area (Å²) in [5, 5.41) is 15.4. The fourth-order valence-electron chi connectivity index (χ4n) is 4.15. The molecule has 0 aliphatic carbocycles. The molecule has 1 heterocycles. The lowest BCUT2D eigenvalue weighted by Gasteiger charge is -2.41. The molecule has 0 aliphatic rings. The molecule has 5 rings (SSSR count). The summed E-state index contributed by atoms with van der Waals surface area (Å²) in [6.07, 6.45) is 0. The van der Waals surface area contributed by atoms with Crippen LogP contribution in [0.25, 0.3) is 21.8 Å². The number of anilines is 1. The second-order valence-corrected chi connectivity index (χ2v) is 7.46. The number of para-hydroxylation sites is 3. The van der Waals surface area contributed by atoms with E-state index < -0.39 is 4.65 Å². The molecule has 0 radical (unpaired) electrons. The van der Waals surface area contributed by atoms with Gasteiger partial charge in [-0.3, -0.25) is 9.44 Å². The Morgan fingerprint density at radius 3 is 2.00 bits per heavy atom. The number of aromatic amines is 1. The van der Waals surface area contributed by atoms with Gasteiger partial charge in [-0.15, -0.1) is 0 Å². The van der Waals surface area contributed by atoms with E-state index in [0.717, 1.165) is 0 Å². The summed E-state index contributed by atoms with van der Waals surface area (Å²) >= 11 is 0. The standard InChI is InChI=1S/C25H20N4O3/c26-19-15-21(29(31,16-9-3-1-4-10-16)17-11-5-2-6-12-17)25(32-27)23-22(19)24(30)18-13-7-8-14-20(18)28-23/h1-15H,26-27H2,(H,28,30). The molecular formula is C25H20N4O3. The lowest BCUT2D eigenvalue weighted by Crippen LogP contribution is -2.32. The highest BCUT2D eigenvalue weighted by atomic mass is 16.6. The summed E-state index contributed by atoms with van der Waals surface area (Å²) in [7, 11) is 0. The minimum atomic E-state index is -1.01. The van der Waals surface area contributed by atoms with Crippen molar-refractivity contribution in [3.05, 3.63) is 106 Å². The zero-order valence-corrected chi connectivity index (χ0v) is 17.0. The Hall–Kier alpha value is -4.17. The molecule has 5 aromatic rings. The topological polar surface area (TPSA) is 117 Å². The maximum absolute atomic E-state index is 14.7. The molecule has 0 saturated heterocycles. The molecule has 7 nitrogen and oxygen atoms in total. The highest BCUT2D eigenvalue weighted by Crippen LogP contribution is 2.49. The summed E-state index contributed by atoms with van der Waals surface area (Å²) in [5.74, 6) is 5.76. The lowest BCUT2D eigenvalue weighted by molar-refractivity contribution is 0.334. The number of H-pyrrole nitrogens is 1. The lowest BCUT2D eigenvalue weighted by atomic mass is 10.0. The third-order valence-corrected chi connectivity index (χ3v) is 5.65. The maximum Gasteiger partial charge on any atom is 0.232 e. The predicted molar refractivity (Wildman–Crippen MR) is 129 cm³/mol. The number of hydrogen-bond donors (Lipinski definition) is 3. The van der Waals surface area contributed by atoms with E-state index in [1.165, 1.54) is 6.07 Å². The van der Waals surface area contributed by atoms with Crippen molar-refractivity contribution in [2.24, 2.45) is 5.90 Å². The molecule has 0 aliphatic heterocycles. The summed E-state index contributed by atoms with van der Waals surface area (Å²) < 4.78 is -1.01. The number of nitrogen functional groups attached to an aromatic ring is 1. The minimum absolute atomic E-state index is 0.0553. The van der Waals surface area contributed by atoms with Gasteiger partial charge in [0, 0.05) is 41.2 Å². The first-order valence-electron chi connectivity index (χ1n) is 10.0. The largest absolute Gasteiger partial charge is 0.616 e. The highest BCUT2D eigenvalue weighted by molar-refractivity contribution is 6.05. The number of quaternary nitrogens is 1. The van der Waals surface area contributed by atoms with Crippen molar-refractivity contribution in [3.63, 3.8) is 0 Å². The number of nitrogens with two attached hydrogens (primary N) is 2. The molecule has 0 spiro atoms. The van der Waals surface area contributed by atoms with E-state index in [2.05, 4.69) is 4.98 Å². The number of rotatable bonds is 4. The van der Waals surface area contributed by atoms with Gasteiger partial charge in [-0.05, 0) is 12.1 Å². The SMILES string of the molecule is NOc1c([N+]([O-])(c2ccccc2)c2ccccc2)cc(N)c2c(=O)c3ccccc3[nH]c12. The van der Waals surface area contributed by atoms with Gasteiger partial charge in [0.05, 0.1) is 11.1 Å². The summed E-state index contributed by atoms with van der Waals surface area (Å²) in [4.78, 5) is 21.7. The van der Waals surface area contributed by atoms with E-state index in [-0.39, 0.29) is 33.5 Å². The normalized spacial score (nSPS) is 11.7. The second kappa shape index (κ2) is 7.51. The smallest absolute Gasteiger partial charge is 0.232 e. The van der Waals surface area contributed by atoms with Crippen LogP contribution in [-0.4, -0.2) is 4.98 Å². The van der Waals surface area contributed by atoms with Crippen molar-refractivity contribution >= 4 is 44.6 Å². The van der Waals surface area contributed by atoms with Crippen LogP contribution in [0.4, 0.5) is 22.7 Å². The molecule has 1 aromatic heterocycles. The van der Waals surface area contributed by atoms with Gasteiger partial charge in [-0.2, -0.15) is 5.90 Å². The molecule has 4 aromatic carbocycles. The number of nitrogens with one attached hydrogen (secondary N) is 1. The molecule has 0 unspecified atom stereocenters. The number of fused-ring (bicyclic) bond motifs is 2. The minimum Gasteiger partial charge on any atom is -0.616 e. The molecule has 0 bridgehead atoms. The molecule has 0 atom stereocenters. The highest BCUT2D eigenvalue weighted by Gasteiger charge is 2.33. The number of aromatic nitrogens is 1. The van der Waals surface area contributed by atoms with Crippen LogP contribution in [0, 0.1) is 5.21 Å². The Kier molecular flexibility index (Phi) is 4.64. The second-order valence-electron chi connectivity index (χ2n) is 7.46. The molecule has 158 valence electrons. The first-order chi connectivity index (χ1) is 15.6. The number of nitrogens with zero attached hydrogens (tertiary/aromatic N) is 1. The zero-order chi connectivity index (χ0) is 22.3. The van der Waals surface area contributed by atoms with Crippen molar-refractivity contribution in [2.45, 2.75) is 0 Å². The van der Waals surface area contributed by atoms with E-state index >= 15 is 0 Å².